The number of aromatic nitrogens is 3. The van der Waals surface area contributed by atoms with Crippen molar-refractivity contribution in [3.05, 3.63) is 22.8 Å². The lowest BCUT2D eigenvalue weighted by molar-refractivity contribution is 0.281. The Morgan fingerprint density at radius 2 is 2.47 bits per heavy atom. The average Bonchev–Trinajstić information content (AvgIpc) is 2.62. The molecule has 0 aromatic carbocycles. The van der Waals surface area contributed by atoms with Gasteiger partial charge in [0.15, 0.2) is 5.65 Å². The van der Waals surface area contributed by atoms with Crippen molar-refractivity contribution in [3.8, 4) is 0 Å². The molecule has 0 aliphatic carbocycles. The van der Waals surface area contributed by atoms with E-state index in [0.717, 1.165) is 10.1 Å². The minimum atomic E-state index is -0.0545. The molecule has 15 heavy (non-hydrogen) atoms. The molecule has 80 valence electrons. The second-order valence-corrected chi connectivity index (χ2v) is 4.14. The van der Waals surface area contributed by atoms with Crippen molar-refractivity contribution >= 4 is 27.5 Å². The van der Waals surface area contributed by atoms with E-state index in [1.54, 1.807) is 4.52 Å². The Bertz CT molecular complexity index is 470. The van der Waals surface area contributed by atoms with Crippen molar-refractivity contribution in [2.45, 2.75) is 13.0 Å². The normalized spacial score (nSPS) is 13.0. The molecule has 2 aromatic rings. The van der Waals surface area contributed by atoms with Gasteiger partial charge in [0.2, 0.25) is 5.95 Å². The molecule has 0 saturated heterocycles. The van der Waals surface area contributed by atoms with Crippen LogP contribution >= 0.6 is 15.9 Å². The van der Waals surface area contributed by atoms with Gasteiger partial charge in [0.25, 0.3) is 0 Å². The van der Waals surface area contributed by atoms with Crippen LogP contribution in [-0.4, -0.2) is 32.4 Å². The second-order valence-electron chi connectivity index (χ2n) is 3.29. The number of anilines is 1. The Morgan fingerprint density at radius 1 is 1.67 bits per heavy atom. The first kappa shape index (κ1) is 10.4. The molecule has 1 unspecified atom stereocenters. The van der Waals surface area contributed by atoms with Crippen LogP contribution < -0.4 is 5.32 Å². The summed E-state index contributed by atoms with van der Waals surface area (Å²) in [6, 6.07) is 3.73. The van der Waals surface area contributed by atoms with Crippen LogP contribution in [-0.2, 0) is 0 Å². The largest absolute Gasteiger partial charge is 0.394 e. The SMILES string of the molecule is CC(CO)Nc1nc2c(Br)cccn2n1. The monoisotopic (exact) mass is 270 g/mol. The summed E-state index contributed by atoms with van der Waals surface area (Å²) in [5.41, 5.74) is 0.755. The van der Waals surface area contributed by atoms with E-state index < -0.39 is 0 Å². The lowest BCUT2D eigenvalue weighted by Gasteiger charge is -2.06. The van der Waals surface area contributed by atoms with Crippen LogP contribution in [0.15, 0.2) is 22.8 Å². The Labute approximate surface area is 95.3 Å². The quantitative estimate of drug-likeness (QED) is 0.882. The molecule has 0 radical (unpaired) electrons. The predicted molar refractivity (Wildman–Crippen MR) is 60.9 cm³/mol. The number of aliphatic hydroxyl groups is 1. The summed E-state index contributed by atoms with van der Waals surface area (Å²) in [7, 11) is 0. The highest BCUT2D eigenvalue weighted by Gasteiger charge is 2.07. The Hall–Kier alpha value is -1.14. The van der Waals surface area contributed by atoms with Crippen LogP contribution in [0.4, 0.5) is 5.95 Å². The molecule has 2 heterocycles. The van der Waals surface area contributed by atoms with Gasteiger partial charge in [-0.25, -0.2) is 4.52 Å². The lowest BCUT2D eigenvalue weighted by atomic mass is 10.4. The van der Waals surface area contributed by atoms with Crippen LogP contribution in [0.2, 0.25) is 0 Å². The first-order valence-corrected chi connectivity index (χ1v) is 5.38. The molecular weight excluding hydrogens is 260 g/mol. The zero-order valence-electron chi connectivity index (χ0n) is 8.18. The van der Waals surface area contributed by atoms with E-state index in [2.05, 4.69) is 31.3 Å². The Balaban J connectivity index is 2.35. The van der Waals surface area contributed by atoms with Crippen LogP contribution in [0.3, 0.4) is 0 Å². The molecule has 2 aromatic heterocycles. The molecular formula is C9H11BrN4O. The summed E-state index contributed by atoms with van der Waals surface area (Å²) in [5.74, 6) is 0.517. The molecule has 0 aliphatic rings. The van der Waals surface area contributed by atoms with Crippen LogP contribution in [0.25, 0.3) is 5.65 Å². The Morgan fingerprint density at radius 3 is 3.13 bits per heavy atom. The number of hydrogen-bond donors (Lipinski definition) is 2. The number of nitrogens with zero attached hydrogens (tertiary/aromatic N) is 3. The minimum absolute atomic E-state index is 0.0523. The summed E-state index contributed by atoms with van der Waals surface area (Å²) in [5, 5.41) is 16.1. The maximum Gasteiger partial charge on any atom is 0.243 e. The maximum atomic E-state index is 8.89. The minimum Gasteiger partial charge on any atom is -0.394 e. The van der Waals surface area contributed by atoms with Gasteiger partial charge < -0.3 is 10.4 Å². The topological polar surface area (TPSA) is 62.5 Å². The molecule has 0 bridgehead atoms. The van der Waals surface area contributed by atoms with Gasteiger partial charge in [-0.2, -0.15) is 4.98 Å². The van der Waals surface area contributed by atoms with E-state index in [0.29, 0.717) is 5.95 Å². The third-order valence-corrected chi connectivity index (χ3v) is 2.58. The third kappa shape index (κ3) is 2.10. The second kappa shape index (κ2) is 4.16. The van der Waals surface area contributed by atoms with Gasteiger partial charge in [0.05, 0.1) is 11.1 Å². The summed E-state index contributed by atoms with van der Waals surface area (Å²) < 4.78 is 2.57. The van der Waals surface area contributed by atoms with Gasteiger partial charge in [0.1, 0.15) is 0 Å². The summed E-state index contributed by atoms with van der Waals surface area (Å²) >= 11 is 3.39. The molecule has 1 atom stereocenters. The average molecular weight is 271 g/mol. The van der Waals surface area contributed by atoms with Crippen molar-refractivity contribution in [1.82, 2.24) is 14.6 Å². The third-order valence-electron chi connectivity index (χ3n) is 1.96. The molecule has 0 aliphatic heterocycles. The first-order chi connectivity index (χ1) is 7.20. The molecule has 2 rings (SSSR count). The van der Waals surface area contributed by atoms with Gasteiger partial charge in [0, 0.05) is 12.2 Å². The number of fused-ring (bicyclic) bond motifs is 1. The van der Waals surface area contributed by atoms with Gasteiger partial charge >= 0.3 is 0 Å². The molecule has 0 fully saturated rings. The van der Waals surface area contributed by atoms with Gasteiger partial charge in [-0.1, -0.05) is 0 Å². The number of nitrogens with one attached hydrogen (secondary N) is 1. The highest BCUT2D eigenvalue weighted by Crippen LogP contribution is 2.16. The number of pyridine rings is 1. The van der Waals surface area contributed by atoms with Gasteiger partial charge in [-0.3, -0.25) is 0 Å². The molecule has 5 nitrogen and oxygen atoms in total. The molecule has 0 saturated carbocycles. The highest BCUT2D eigenvalue weighted by atomic mass is 79.9. The summed E-state index contributed by atoms with van der Waals surface area (Å²) in [4.78, 5) is 4.28. The van der Waals surface area contributed by atoms with E-state index in [9.17, 15) is 0 Å². The summed E-state index contributed by atoms with van der Waals surface area (Å²) in [6.07, 6.45) is 1.82. The smallest absolute Gasteiger partial charge is 0.243 e. The molecule has 0 spiro atoms. The molecule has 0 amide bonds. The van der Waals surface area contributed by atoms with E-state index in [1.165, 1.54) is 0 Å². The van der Waals surface area contributed by atoms with Crippen molar-refractivity contribution in [2.24, 2.45) is 0 Å². The fourth-order valence-corrected chi connectivity index (χ4v) is 1.62. The van der Waals surface area contributed by atoms with Gasteiger partial charge in [-0.05, 0) is 35.0 Å². The van der Waals surface area contributed by atoms with Crippen LogP contribution in [0, 0.1) is 0 Å². The zero-order valence-corrected chi connectivity index (χ0v) is 9.77. The fourth-order valence-electron chi connectivity index (χ4n) is 1.20. The van der Waals surface area contributed by atoms with Gasteiger partial charge in [-0.15, -0.1) is 5.10 Å². The van der Waals surface area contributed by atoms with E-state index >= 15 is 0 Å². The number of halogens is 1. The lowest BCUT2D eigenvalue weighted by Crippen LogP contribution is -2.20. The zero-order chi connectivity index (χ0) is 10.8. The number of hydrogen-bond acceptors (Lipinski definition) is 4. The van der Waals surface area contributed by atoms with Crippen molar-refractivity contribution in [3.63, 3.8) is 0 Å². The van der Waals surface area contributed by atoms with E-state index in [1.807, 2.05) is 25.3 Å². The number of rotatable bonds is 3. The van der Waals surface area contributed by atoms with Crippen molar-refractivity contribution in [2.75, 3.05) is 11.9 Å². The first-order valence-electron chi connectivity index (χ1n) is 4.59. The van der Waals surface area contributed by atoms with Crippen molar-refractivity contribution < 1.29 is 5.11 Å². The molecule has 2 N–H and O–H groups in total. The summed E-state index contributed by atoms with van der Waals surface area (Å²) in [6.45, 7) is 1.91. The maximum absolute atomic E-state index is 8.89. The predicted octanol–water partition coefficient (Wildman–Crippen LogP) is 1.28. The van der Waals surface area contributed by atoms with Crippen molar-refractivity contribution in [1.29, 1.82) is 0 Å². The van der Waals surface area contributed by atoms with E-state index in [-0.39, 0.29) is 12.6 Å². The highest BCUT2D eigenvalue weighted by molar-refractivity contribution is 9.10. The molecule has 6 heteroatoms. The Kier molecular flexibility index (Phi) is 2.88. The van der Waals surface area contributed by atoms with Crippen LogP contribution in [0.1, 0.15) is 6.92 Å². The van der Waals surface area contributed by atoms with E-state index in [4.69, 9.17) is 5.11 Å². The van der Waals surface area contributed by atoms with Crippen LogP contribution in [0.5, 0.6) is 0 Å². The standard InChI is InChI=1S/C9H11BrN4O/c1-6(5-15)11-9-12-8-7(10)3-2-4-14(8)13-9/h2-4,6,15H,5H2,1H3,(H,11,13). The fraction of sp³-hybridized carbons (Fsp3) is 0.333. The number of aliphatic hydroxyl groups excluding tert-OH is 1.